The summed E-state index contributed by atoms with van der Waals surface area (Å²) in [5.74, 6) is 0.104. The van der Waals surface area contributed by atoms with Crippen molar-refractivity contribution in [3.8, 4) is 0 Å². The second-order valence-electron chi connectivity index (χ2n) is 5.04. The van der Waals surface area contributed by atoms with Gasteiger partial charge in [0.2, 0.25) is 0 Å². The Morgan fingerprint density at radius 3 is 2.83 bits per heavy atom. The van der Waals surface area contributed by atoms with Crippen LogP contribution in [0.5, 0.6) is 0 Å². The van der Waals surface area contributed by atoms with Gasteiger partial charge in [-0.1, -0.05) is 0 Å². The van der Waals surface area contributed by atoms with Crippen LogP contribution >= 0.6 is 0 Å². The van der Waals surface area contributed by atoms with Gasteiger partial charge in [0.05, 0.1) is 0 Å². The molecule has 2 aromatic rings. The average molecular weight is 386 g/mol. The van der Waals surface area contributed by atoms with Crippen LogP contribution in [0.3, 0.4) is 0 Å². The van der Waals surface area contributed by atoms with Gasteiger partial charge in [0.25, 0.3) is 0 Å². The first kappa shape index (κ1) is 16.3. The summed E-state index contributed by atoms with van der Waals surface area (Å²) in [6.45, 7) is 3.30. The molecule has 5 N–H and O–H groups in total. The number of hydrogen-bond donors (Lipinski definition) is 4. The number of nitrogens with zero attached hydrogens (tertiary/aromatic N) is 4. The first-order chi connectivity index (χ1) is 11.1. The molecule has 1 fully saturated rings. The summed E-state index contributed by atoms with van der Waals surface area (Å²) in [5, 5.41) is 30.0. The van der Waals surface area contributed by atoms with Crippen LogP contribution < -0.4 is 10.3 Å². The fraction of sp³-hybridized carbons (Fsp3) is 0.462. The number of rotatable bonds is 5. The number of nitrogens with two attached hydrogens (primary N) is 1. The topological polar surface area (TPSA) is 140 Å². The molecular weight excluding hydrogens is 369 g/mol. The quantitative estimate of drug-likeness (QED) is 0.340. The van der Waals surface area contributed by atoms with Crippen molar-refractivity contribution in [3.05, 3.63) is 19.0 Å². The molecule has 1 aliphatic heterocycles. The van der Waals surface area contributed by atoms with E-state index in [0.717, 1.165) is 9.91 Å². The monoisotopic (exact) mass is 387 g/mol. The fourth-order valence-corrected chi connectivity index (χ4v) is 3.94. The standard InChI is InChI=1S/C13H17N5O4Se/c1-2-3-23-11-7-10(16-13(14)17-11)18(5-15-7)12-9(21)8(20)6(4-19)22-12/h2,5-6,8-9,12,19-21H,1,3-4H2,(H2,14,16,17)/t6-,8-,9-,12-/m1/s1. The van der Waals surface area contributed by atoms with E-state index in [9.17, 15) is 15.3 Å². The molecular formula is C13H17N5O4Se. The summed E-state index contributed by atoms with van der Waals surface area (Å²) >= 11 is 0.0124. The first-order valence-corrected chi connectivity index (χ1v) is 8.99. The zero-order chi connectivity index (χ0) is 16.6. The molecule has 10 heteroatoms. The number of anilines is 1. The van der Waals surface area contributed by atoms with E-state index in [4.69, 9.17) is 10.5 Å². The van der Waals surface area contributed by atoms with Crippen LogP contribution in [0, 0.1) is 0 Å². The third-order valence-electron chi connectivity index (χ3n) is 3.54. The van der Waals surface area contributed by atoms with Crippen molar-refractivity contribution in [2.75, 3.05) is 12.3 Å². The van der Waals surface area contributed by atoms with Gasteiger partial charge in [0.15, 0.2) is 0 Å². The van der Waals surface area contributed by atoms with Crippen molar-refractivity contribution in [2.24, 2.45) is 0 Å². The van der Waals surface area contributed by atoms with Crippen LogP contribution in [0.4, 0.5) is 5.95 Å². The molecule has 4 atom stereocenters. The van der Waals surface area contributed by atoms with Gasteiger partial charge >= 0.3 is 137 Å². The number of fused-ring (bicyclic) bond motifs is 1. The van der Waals surface area contributed by atoms with Gasteiger partial charge in [-0.2, -0.15) is 0 Å². The van der Waals surface area contributed by atoms with E-state index in [-0.39, 0.29) is 20.9 Å². The Balaban J connectivity index is 2.02. The number of nitrogen functional groups attached to an aromatic ring is 1. The number of allylic oxidation sites excluding steroid dienone is 1. The van der Waals surface area contributed by atoms with E-state index in [1.165, 1.54) is 10.9 Å². The van der Waals surface area contributed by atoms with Crippen LogP contribution in [0.15, 0.2) is 19.0 Å². The molecule has 1 aliphatic rings. The minimum absolute atomic E-state index is 0.0124. The van der Waals surface area contributed by atoms with Gasteiger partial charge in [-0.05, 0) is 0 Å². The second-order valence-corrected chi connectivity index (χ2v) is 7.16. The van der Waals surface area contributed by atoms with Gasteiger partial charge < -0.3 is 0 Å². The van der Waals surface area contributed by atoms with Gasteiger partial charge in [-0.25, -0.2) is 0 Å². The van der Waals surface area contributed by atoms with Crippen molar-refractivity contribution in [1.82, 2.24) is 19.5 Å². The number of hydrogen-bond acceptors (Lipinski definition) is 8. The molecule has 0 unspecified atom stereocenters. The molecule has 124 valence electrons. The summed E-state index contributed by atoms with van der Waals surface area (Å²) < 4.78 is 7.75. The Morgan fingerprint density at radius 1 is 1.39 bits per heavy atom. The molecule has 0 aliphatic carbocycles. The van der Waals surface area contributed by atoms with Crippen LogP contribution in [0.25, 0.3) is 11.2 Å². The predicted octanol–water partition coefficient (Wildman–Crippen LogP) is -2.05. The molecule has 23 heavy (non-hydrogen) atoms. The Morgan fingerprint density at radius 2 is 2.17 bits per heavy atom. The van der Waals surface area contributed by atoms with Crippen molar-refractivity contribution >= 4 is 36.7 Å². The molecule has 0 amide bonds. The first-order valence-electron chi connectivity index (χ1n) is 6.93. The summed E-state index contributed by atoms with van der Waals surface area (Å²) in [4.78, 5) is 12.7. The van der Waals surface area contributed by atoms with E-state index >= 15 is 0 Å². The minimum atomic E-state index is -1.21. The van der Waals surface area contributed by atoms with Crippen molar-refractivity contribution in [3.63, 3.8) is 0 Å². The number of aromatic nitrogens is 4. The predicted molar refractivity (Wildman–Crippen MR) is 83.1 cm³/mol. The van der Waals surface area contributed by atoms with E-state index in [0.29, 0.717) is 11.2 Å². The summed E-state index contributed by atoms with van der Waals surface area (Å²) in [7, 11) is 0. The Kier molecular flexibility index (Phi) is 4.62. The Labute approximate surface area is 138 Å². The number of imidazole rings is 1. The third kappa shape index (κ3) is 2.85. The fourth-order valence-electron chi connectivity index (χ4n) is 2.44. The molecule has 1 saturated heterocycles. The van der Waals surface area contributed by atoms with Gasteiger partial charge in [0, 0.05) is 0 Å². The van der Waals surface area contributed by atoms with Crippen LogP contribution in [-0.2, 0) is 4.74 Å². The van der Waals surface area contributed by atoms with Gasteiger partial charge in [0.1, 0.15) is 0 Å². The molecule has 3 heterocycles. The number of aliphatic hydroxyl groups excluding tert-OH is 3. The van der Waals surface area contributed by atoms with Gasteiger partial charge in [-0.15, -0.1) is 0 Å². The van der Waals surface area contributed by atoms with Crippen LogP contribution in [0.2, 0.25) is 5.32 Å². The van der Waals surface area contributed by atoms with Crippen molar-refractivity contribution in [1.29, 1.82) is 0 Å². The molecule has 3 rings (SSSR count). The molecule has 9 nitrogen and oxygen atoms in total. The third-order valence-corrected chi connectivity index (χ3v) is 5.55. The van der Waals surface area contributed by atoms with Gasteiger partial charge in [-0.3, -0.25) is 0 Å². The van der Waals surface area contributed by atoms with E-state index in [1.54, 1.807) is 6.08 Å². The van der Waals surface area contributed by atoms with E-state index in [2.05, 4.69) is 21.5 Å². The van der Waals surface area contributed by atoms with E-state index < -0.39 is 31.1 Å². The normalized spacial score (nSPS) is 27.6. The zero-order valence-corrected chi connectivity index (χ0v) is 13.8. The van der Waals surface area contributed by atoms with Crippen molar-refractivity contribution in [2.45, 2.75) is 29.9 Å². The maximum absolute atomic E-state index is 10.2. The van der Waals surface area contributed by atoms with E-state index in [1.807, 2.05) is 0 Å². The number of ether oxygens (including phenoxy) is 1. The zero-order valence-electron chi connectivity index (χ0n) is 12.1. The Hall–Kier alpha value is -1.55. The second kappa shape index (κ2) is 6.52. The molecule has 0 saturated carbocycles. The summed E-state index contributed by atoms with van der Waals surface area (Å²) in [5.41, 5.74) is 6.77. The maximum atomic E-state index is 10.2. The molecule has 0 aromatic carbocycles. The average Bonchev–Trinajstić information content (AvgIpc) is 3.07. The molecule has 2 aromatic heterocycles. The molecule has 0 spiro atoms. The van der Waals surface area contributed by atoms with Crippen molar-refractivity contribution < 1.29 is 20.1 Å². The molecule has 0 radical (unpaired) electrons. The van der Waals surface area contributed by atoms with Crippen LogP contribution in [-0.4, -0.2) is 74.7 Å². The summed E-state index contributed by atoms with van der Waals surface area (Å²) in [6.07, 6.45) is -0.897. The summed E-state index contributed by atoms with van der Waals surface area (Å²) in [6, 6.07) is 0. The Bertz CT molecular complexity index is 724. The SMILES string of the molecule is C=CC[Se]c1nc(N)nc2c1ncn2[C@@H]1O[C@H](CO)[C@@H](O)[C@H]1O. The molecule has 0 bridgehead atoms. The number of aliphatic hydroxyl groups is 3. The van der Waals surface area contributed by atoms with Crippen LogP contribution in [0.1, 0.15) is 6.23 Å².